The van der Waals surface area contributed by atoms with Crippen LogP contribution in [0.2, 0.25) is 0 Å². The standard InChI is InChI=1S/C30H37NO2/c1-5-6-7-14-24-19-28(32)26(17-16-22(4)12-10-11-21(2)3)30(33)29(24)25-18-23-13-8-9-15-27(23)31-20-25/h8-9,11,13,15-16,18-20,32-33H,5-7,10,12,14,17H2,1-4H3. The van der Waals surface area contributed by atoms with Gasteiger partial charge in [0.15, 0.2) is 0 Å². The van der Waals surface area contributed by atoms with E-state index in [1.165, 1.54) is 11.1 Å². The van der Waals surface area contributed by atoms with Crippen LogP contribution < -0.4 is 0 Å². The number of phenolic OH excluding ortho intramolecular Hbond substituents is 2. The number of para-hydroxylation sites is 1. The molecule has 174 valence electrons. The molecule has 0 saturated heterocycles. The predicted molar refractivity (Wildman–Crippen MR) is 140 cm³/mol. The van der Waals surface area contributed by atoms with Gasteiger partial charge in [0.2, 0.25) is 0 Å². The quantitative estimate of drug-likeness (QED) is 0.245. The summed E-state index contributed by atoms with van der Waals surface area (Å²) in [5.41, 5.74) is 6.76. The normalized spacial score (nSPS) is 11.7. The molecule has 2 aromatic carbocycles. The van der Waals surface area contributed by atoms with E-state index in [-0.39, 0.29) is 11.5 Å². The molecule has 3 aromatic rings. The molecule has 0 aliphatic carbocycles. The highest BCUT2D eigenvalue weighted by Gasteiger charge is 2.19. The summed E-state index contributed by atoms with van der Waals surface area (Å²) in [6.07, 6.45) is 12.8. The maximum absolute atomic E-state index is 11.4. The van der Waals surface area contributed by atoms with E-state index in [2.05, 4.69) is 50.9 Å². The van der Waals surface area contributed by atoms with Gasteiger partial charge in [-0.2, -0.15) is 0 Å². The minimum atomic E-state index is 0.171. The van der Waals surface area contributed by atoms with Gasteiger partial charge in [-0.3, -0.25) is 4.98 Å². The van der Waals surface area contributed by atoms with Crippen molar-refractivity contribution in [2.75, 3.05) is 0 Å². The first-order chi connectivity index (χ1) is 15.9. The largest absolute Gasteiger partial charge is 0.508 e. The lowest BCUT2D eigenvalue weighted by Crippen LogP contribution is -1.97. The summed E-state index contributed by atoms with van der Waals surface area (Å²) in [5.74, 6) is 0.344. The molecule has 3 rings (SSSR count). The van der Waals surface area contributed by atoms with Crippen LogP contribution in [0.4, 0.5) is 0 Å². The second kappa shape index (κ2) is 11.7. The number of aromatic hydroxyl groups is 2. The second-order valence-electron chi connectivity index (χ2n) is 9.21. The molecular weight excluding hydrogens is 406 g/mol. The SMILES string of the molecule is CCCCCc1cc(O)c(CC=C(C)CCC=C(C)C)c(O)c1-c1cnc2ccccc2c1. The molecule has 0 aliphatic rings. The van der Waals surface area contributed by atoms with Gasteiger partial charge in [0.1, 0.15) is 11.5 Å². The van der Waals surface area contributed by atoms with E-state index in [0.717, 1.165) is 66.1 Å². The number of fused-ring (bicyclic) bond motifs is 1. The van der Waals surface area contributed by atoms with Crippen LogP contribution in [0, 0.1) is 0 Å². The van der Waals surface area contributed by atoms with Crippen LogP contribution in [-0.4, -0.2) is 15.2 Å². The minimum absolute atomic E-state index is 0.171. The number of aromatic nitrogens is 1. The fourth-order valence-corrected chi connectivity index (χ4v) is 4.21. The van der Waals surface area contributed by atoms with Crippen LogP contribution in [0.3, 0.4) is 0 Å². The summed E-state index contributed by atoms with van der Waals surface area (Å²) in [6.45, 7) is 8.51. The molecule has 2 N–H and O–H groups in total. The highest BCUT2D eigenvalue weighted by atomic mass is 16.3. The van der Waals surface area contributed by atoms with Gasteiger partial charge in [0.05, 0.1) is 5.52 Å². The van der Waals surface area contributed by atoms with E-state index in [9.17, 15) is 10.2 Å². The first-order valence-electron chi connectivity index (χ1n) is 12.1. The molecule has 1 aromatic heterocycles. The lowest BCUT2D eigenvalue weighted by molar-refractivity contribution is 0.440. The third kappa shape index (κ3) is 6.47. The Balaban J connectivity index is 2.00. The van der Waals surface area contributed by atoms with E-state index in [4.69, 9.17) is 0 Å². The highest BCUT2D eigenvalue weighted by molar-refractivity contribution is 5.86. The molecule has 0 unspecified atom stereocenters. The number of phenols is 2. The fourth-order valence-electron chi connectivity index (χ4n) is 4.21. The van der Waals surface area contributed by atoms with Crippen LogP contribution in [0.1, 0.15) is 70.9 Å². The van der Waals surface area contributed by atoms with E-state index in [1.54, 1.807) is 0 Å². The van der Waals surface area contributed by atoms with Crippen molar-refractivity contribution in [3.8, 4) is 22.6 Å². The summed E-state index contributed by atoms with van der Waals surface area (Å²) in [7, 11) is 0. The maximum Gasteiger partial charge on any atom is 0.130 e. The van der Waals surface area contributed by atoms with Crippen molar-refractivity contribution in [1.82, 2.24) is 4.98 Å². The third-order valence-electron chi connectivity index (χ3n) is 6.14. The molecule has 0 aliphatic heterocycles. The summed E-state index contributed by atoms with van der Waals surface area (Å²) in [4.78, 5) is 4.62. The molecule has 0 amide bonds. The predicted octanol–water partition coefficient (Wildman–Crippen LogP) is 8.28. The second-order valence-corrected chi connectivity index (χ2v) is 9.21. The minimum Gasteiger partial charge on any atom is -0.508 e. The number of unbranched alkanes of at least 4 members (excludes halogenated alkanes) is 2. The van der Waals surface area contributed by atoms with Gasteiger partial charge in [0.25, 0.3) is 0 Å². The number of hydrogen-bond acceptors (Lipinski definition) is 3. The van der Waals surface area contributed by atoms with Gasteiger partial charge in [0, 0.05) is 28.3 Å². The summed E-state index contributed by atoms with van der Waals surface area (Å²) in [6, 6.07) is 11.9. The van der Waals surface area contributed by atoms with Crippen molar-refractivity contribution in [3.63, 3.8) is 0 Å². The first-order valence-corrected chi connectivity index (χ1v) is 12.1. The van der Waals surface area contributed by atoms with Crippen molar-refractivity contribution >= 4 is 10.9 Å². The Morgan fingerprint density at radius 3 is 2.55 bits per heavy atom. The average Bonchev–Trinajstić information content (AvgIpc) is 2.78. The lowest BCUT2D eigenvalue weighted by atomic mass is 9.91. The third-order valence-corrected chi connectivity index (χ3v) is 6.14. The number of rotatable bonds is 10. The van der Waals surface area contributed by atoms with Crippen molar-refractivity contribution < 1.29 is 10.2 Å². The smallest absolute Gasteiger partial charge is 0.130 e. The lowest BCUT2D eigenvalue weighted by Gasteiger charge is -2.17. The molecule has 33 heavy (non-hydrogen) atoms. The summed E-state index contributed by atoms with van der Waals surface area (Å²) in [5, 5.41) is 23.2. The summed E-state index contributed by atoms with van der Waals surface area (Å²) < 4.78 is 0. The van der Waals surface area contributed by atoms with Crippen LogP contribution >= 0.6 is 0 Å². The Morgan fingerprint density at radius 2 is 1.79 bits per heavy atom. The van der Waals surface area contributed by atoms with Gasteiger partial charge in [-0.05, 0) is 76.6 Å². The Kier molecular flexibility index (Phi) is 8.71. The van der Waals surface area contributed by atoms with Crippen molar-refractivity contribution in [2.24, 2.45) is 0 Å². The number of hydrogen-bond donors (Lipinski definition) is 2. The van der Waals surface area contributed by atoms with Crippen molar-refractivity contribution in [1.29, 1.82) is 0 Å². The fraction of sp³-hybridized carbons (Fsp3) is 0.367. The number of allylic oxidation sites excluding steroid dienone is 4. The summed E-state index contributed by atoms with van der Waals surface area (Å²) >= 11 is 0. The topological polar surface area (TPSA) is 53.4 Å². The number of aryl methyl sites for hydroxylation is 1. The maximum atomic E-state index is 11.4. The van der Waals surface area contributed by atoms with E-state index >= 15 is 0 Å². The van der Waals surface area contributed by atoms with Crippen molar-refractivity contribution in [3.05, 3.63) is 77.0 Å². The molecular formula is C30H37NO2. The van der Waals surface area contributed by atoms with Gasteiger partial charge >= 0.3 is 0 Å². The molecule has 3 nitrogen and oxygen atoms in total. The zero-order chi connectivity index (χ0) is 23.8. The zero-order valence-corrected chi connectivity index (χ0v) is 20.5. The van der Waals surface area contributed by atoms with Gasteiger partial charge < -0.3 is 10.2 Å². The van der Waals surface area contributed by atoms with Crippen LogP contribution in [0.15, 0.2) is 65.9 Å². The Bertz CT molecular complexity index is 1150. The molecule has 0 bridgehead atoms. The van der Waals surface area contributed by atoms with Crippen molar-refractivity contribution in [2.45, 2.75) is 72.6 Å². The molecule has 0 radical (unpaired) electrons. The van der Waals surface area contributed by atoms with Gasteiger partial charge in [-0.1, -0.05) is 61.3 Å². The molecule has 0 fully saturated rings. The van der Waals surface area contributed by atoms with E-state index < -0.39 is 0 Å². The van der Waals surface area contributed by atoms with Crippen LogP contribution in [0.5, 0.6) is 11.5 Å². The van der Waals surface area contributed by atoms with E-state index in [0.29, 0.717) is 12.0 Å². The van der Waals surface area contributed by atoms with Gasteiger partial charge in [-0.25, -0.2) is 0 Å². The van der Waals surface area contributed by atoms with Crippen LogP contribution in [-0.2, 0) is 12.8 Å². The first kappa shape index (κ1) is 24.6. The number of nitrogens with zero attached hydrogens (tertiary/aromatic N) is 1. The molecule has 0 saturated carbocycles. The van der Waals surface area contributed by atoms with Crippen LogP contribution in [0.25, 0.3) is 22.0 Å². The van der Waals surface area contributed by atoms with E-state index in [1.807, 2.05) is 36.5 Å². The molecule has 1 heterocycles. The Labute approximate surface area is 198 Å². The number of benzene rings is 2. The molecule has 3 heteroatoms. The zero-order valence-electron chi connectivity index (χ0n) is 20.5. The molecule has 0 spiro atoms. The average molecular weight is 444 g/mol. The Hall–Kier alpha value is -3.07. The highest BCUT2D eigenvalue weighted by Crippen LogP contribution is 2.42. The van der Waals surface area contributed by atoms with Gasteiger partial charge in [-0.15, -0.1) is 0 Å². The number of pyridine rings is 1. The monoisotopic (exact) mass is 443 g/mol. The molecule has 0 atom stereocenters. The Morgan fingerprint density at radius 1 is 1.00 bits per heavy atom.